The summed E-state index contributed by atoms with van der Waals surface area (Å²) in [5.41, 5.74) is 0.573. The van der Waals surface area contributed by atoms with Gasteiger partial charge in [0.1, 0.15) is 0 Å². The average molecular weight is 181 g/mol. The SMILES string of the molecule is C=C(N1CC(=O)CC1=O)C(C)(C)C. The highest BCUT2D eigenvalue weighted by molar-refractivity contribution is 6.06. The van der Waals surface area contributed by atoms with Gasteiger partial charge in [0.25, 0.3) is 0 Å². The molecule has 1 rings (SSSR count). The fourth-order valence-electron chi connectivity index (χ4n) is 1.24. The minimum absolute atomic E-state index is 0.0181. The Hall–Kier alpha value is -1.12. The van der Waals surface area contributed by atoms with Gasteiger partial charge in [-0.15, -0.1) is 0 Å². The minimum atomic E-state index is -0.152. The molecule has 0 aromatic carbocycles. The number of likely N-dealkylation sites (tertiary alicyclic amines) is 1. The van der Waals surface area contributed by atoms with Gasteiger partial charge in [-0.3, -0.25) is 9.59 Å². The lowest BCUT2D eigenvalue weighted by atomic mass is 9.92. The molecule has 0 N–H and O–H groups in total. The lowest BCUT2D eigenvalue weighted by molar-refractivity contribution is -0.127. The first-order chi connectivity index (χ1) is 5.82. The molecule has 0 saturated carbocycles. The van der Waals surface area contributed by atoms with Crippen LogP contribution in [-0.2, 0) is 9.59 Å². The van der Waals surface area contributed by atoms with Crippen molar-refractivity contribution in [2.45, 2.75) is 27.2 Å². The van der Waals surface area contributed by atoms with Gasteiger partial charge in [0.15, 0.2) is 5.78 Å². The lowest BCUT2D eigenvalue weighted by Crippen LogP contribution is -2.30. The molecule has 0 unspecified atom stereocenters. The second-order valence-corrected chi connectivity index (χ2v) is 4.39. The van der Waals surface area contributed by atoms with Gasteiger partial charge in [0.05, 0.1) is 13.0 Å². The van der Waals surface area contributed by atoms with E-state index in [0.717, 1.165) is 5.70 Å². The minimum Gasteiger partial charge on any atom is -0.308 e. The van der Waals surface area contributed by atoms with Gasteiger partial charge in [0, 0.05) is 11.1 Å². The normalized spacial score (nSPS) is 18.2. The van der Waals surface area contributed by atoms with Gasteiger partial charge in [-0.2, -0.15) is 0 Å². The van der Waals surface area contributed by atoms with E-state index in [1.807, 2.05) is 20.8 Å². The quantitative estimate of drug-likeness (QED) is 0.572. The maximum absolute atomic E-state index is 11.3. The number of carbonyl (C=O) groups excluding carboxylic acids is 2. The van der Waals surface area contributed by atoms with Crippen molar-refractivity contribution in [3.8, 4) is 0 Å². The lowest BCUT2D eigenvalue weighted by Gasteiger charge is -2.28. The molecule has 1 amide bonds. The third kappa shape index (κ3) is 1.97. The molecule has 72 valence electrons. The molecule has 1 saturated heterocycles. The average Bonchev–Trinajstić information content (AvgIpc) is 2.26. The number of rotatable bonds is 1. The first-order valence-corrected chi connectivity index (χ1v) is 4.34. The Morgan fingerprint density at radius 3 is 2.23 bits per heavy atom. The third-order valence-corrected chi connectivity index (χ3v) is 2.18. The topological polar surface area (TPSA) is 37.4 Å². The molecular formula is C10H15NO2. The Bertz CT molecular complexity index is 273. The summed E-state index contributed by atoms with van der Waals surface area (Å²) in [5, 5.41) is 0. The number of nitrogens with zero attached hydrogens (tertiary/aromatic N) is 1. The van der Waals surface area contributed by atoms with Crippen LogP contribution in [0.5, 0.6) is 0 Å². The number of Topliss-reactive ketones (excluding diaryl/α,β-unsaturated/α-hetero) is 1. The molecule has 0 atom stereocenters. The summed E-state index contributed by atoms with van der Waals surface area (Å²) in [6, 6.07) is 0. The zero-order valence-corrected chi connectivity index (χ0v) is 8.39. The molecule has 1 fully saturated rings. The molecule has 1 heterocycles. The van der Waals surface area contributed by atoms with Crippen LogP contribution in [0.2, 0.25) is 0 Å². The number of hydrogen-bond acceptors (Lipinski definition) is 2. The van der Waals surface area contributed by atoms with E-state index in [2.05, 4.69) is 6.58 Å². The van der Waals surface area contributed by atoms with Crippen LogP contribution in [0.15, 0.2) is 12.3 Å². The molecular weight excluding hydrogens is 166 g/mol. The largest absolute Gasteiger partial charge is 0.308 e. The molecule has 1 aliphatic heterocycles. The molecule has 1 aliphatic rings. The van der Waals surface area contributed by atoms with Crippen LogP contribution in [0.4, 0.5) is 0 Å². The summed E-state index contributed by atoms with van der Waals surface area (Å²) in [7, 11) is 0. The van der Waals surface area contributed by atoms with Gasteiger partial charge in [0.2, 0.25) is 5.91 Å². The molecule has 0 aromatic heterocycles. The monoisotopic (exact) mass is 181 g/mol. The molecule has 3 heteroatoms. The highest BCUT2D eigenvalue weighted by Crippen LogP contribution is 2.28. The second kappa shape index (κ2) is 2.98. The fraction of sp³-hybridized carbons (Fsp3) is 0.600. The molecule has 0 spiro atoms. The van der Waals surface area contributed by atoms with Crippen molar-refractivity contribution in [3.63, 3.8) is 0 Å². The van der Waals surface area contributed by atoms with Crippen LogP contribution in [0.1, 0.15) is 27.2 Å². The van der Waals surface area contributed by atoms with Gasteiger partial charge < -0.3 is 4.90 Å². The Kier molecular flexibility index (Phi) is 2.28. The Balaban J connectivity index is 2.80. The zero-order chi connectivity index (χ0) is 10.2. The molecule has 0 radical (unpaired) electrons. The number of carbonyl (C=O) groups is 2. The van der Waals surface area contributed by atoms with Gasteiger partial charge in [-0.1, -0.05) is 27.4 Å². The Morgan fingerprint density at radius 2 is 1.92 bits per heavy atom. The highest BCUT2D eigenvalue weighted by Gasteiger charge is 2.33. The number of allylic oxidation sites excluding steroid dienone is 1. The van der Waals surface area contributed by atoms with Crippen molar-refractivity contribution >= 4 is 11.7 Å². The van der Waals surface area contributed by atoms with Gasteiger partial charge in [-0.05, 0) is 0 Å². The van der Waals surface area contributed by atoms with Crippen LogP contribution in [0.3, 0.4) is 0 Å². The van der Waals surface area contributed by atoms with Crippen molar-refractivity contribution in [1.29, 1.82) is 0 Å². The number of amides is 1. The van der Waals surface area contributed by atoms with Crippen molar-refractivity contribution in [3.05, 3.63) is 12.3 Å². The first-order valence-electron chi connectivity index (χ1n) is 4.34. The molecule has 0 bridgehead atoms. The fourth-order valence-corrected chi connectivity index (χ4v) is 1.24. The van der Waals surface area contributed by atoms with E-state index in [9.17, 15) is 9.59 Å². The van der Waals surface area contributed by atoms with Gasteiger partial charge >= 0.3 is 0 Å². The van der Waals surface area contributed by atoms with Crippen molar-refractivity contribution in [1.82, 2.24) is 4.90 Å². The summed E-state index contributed by atoms with van der Waals surface area (Å²) in [6.07, 6.45) is 0.0368. The van der Waals surface area contributed by atoms with E-state index < -0.39 is 0 Å². The summed E-state index contributed by atoms with van der Waals surface area (Å²) in [4.78, 5) is 23.8. The smallest absolute Gasteiger partial charge is 0.234 e. The van der Waals surface area contributed by atoms with Crippen molar-refractivity contribution in [2.24, 2.45) is 5.41 Å². The predicted octanol–water partition coefficient (Wildman–Crippen LogP) is 1.35. The van der Waals surface area contributed by atoms with E-state index in [1.165, 1.54) is 4.90 Å². The van der Waals surface area contributed by atoms with Crippen LogP contribution >= 0.6 is 0 Å². The highest BCUT2D eigenvalue weighted by atomic mass is 16.2. The maximum Gasteiger partial charge on any atom is 0.234 e. The molecule has 3 nitrogen and oxygen atoms in total. The summed E-state index contributed by atoms with van der Waals surface area (Å²) < 4.78 is 0. The van der Waals surface area contributed by atoms with Crippen LogP contribution in [0.25, 0.3) is 0 Å². The number of ketones is 1. The van der Waals surface area contributed by atoms with Crippen LogP contribution in [0, 0.1) is 5.41 Å². The van der Waals surface area contributed by atoms with Crippen LogP contribution < -0.4 is 0 Å². The molecule has 13 heavy (non-hydrogen) atoms. The zero-order valence-electron chi connectivity index (χ0n) is 8.39. The Labute approximate surface area is 78.4 Å². The summed E-state index contributed by atoms with van der Waals surface area (Å²) in [6.45, 7) is 9.98. The standard InChI is InChI=1S/C10H15NO2/c1-7(10(2,3)4)11-6-8(12)5-9(11)13/h1,5-6H2,2-4H3. The summed E-state index contributed by atoms with van der Waals surface area (Å²) in [5.74, 6) is -0.139. The van der Waals surface area contributed by atoms with Crippen LogP contribution in [-0.4, -0.2) is 23.1 Å². The van der Waals surface area contributed by atoms with Gasteiger partial charge in [-0.25, -0.2) is 0 Å². The Morgan fingerprint density at radius 1 is 1.38 bits per heavy atom. The predicted molar refractivity (Wildman–Crippen MR) is 49.9 cm³/mol. The van der Waals surface area contributed by atoms with E-state index in [-0.39, 0.29) is 30.1 Å². The second-order valence-electron chi connectivity index (χ2n) is 4.39. The van der Waals surface area contributed by atoms with E-state index >= 15 is 0 Å². The first kappa shape index (κ1) is 9.96. The molecule has 0 aromatic rings. The number of hydrogen-bond donors (Lipinski definition) is 0. The van der Waals surface area contributed by atoms with E-state index in [4.69, 9.17) is 0 Å². The van der Waals surface area contributed by atoms with E-state index in [0.29, 0.717) is 0 Å². The van der Waals surface area contributed by atoms with Crippen molar-refractivity contribution in [2.75, 3.05) is 6.54 Å². The van der Waals surface area contributed by atoms with E-state index in [1.54, 1.807) is 0 Å². The third-order valence-electron chi connectivity index (χ3n) is 2.18. The summed E-state index contributed by atoms with van der Waals surface area (Å²) >= 11 is 0. The maximum atomic E-state index is 11.3. The van der Waals surface area contributed by atoms with Crippen molar-refractivity contribution < 1.29 is 9.59 Å². The molecule has 0 aliphatic carbocycles.